The van der Waals surface area contributed by atoms with Crippen molar-refractivity contribution in [2.45, 2.75) is 31.4 Å². The molecule has 7 nitrogen and oxygen atoms in total. The second-order valence-corrected chi connectivity index (χ2v) is 8.53. The molecule has 0 spiro atoms. The molecule has 2 aromatic carbocycles. The van der Waals surface area contributed by atoms with Crippen LogP contribution in [0, 0.1) is 0 Å². The van der Waals surface area contributed by atoms with Crippen LogP contribution in [-0.4, -0.2) is 65.5 Å². The smallest absolute Gasteiger partial charge is 0.254 e. The van der Waals surface area contributed by atoms with Gasteiger partial charge < -0.3 is 26.0 Å². The Morgan fingerprint density at radius 3 is 2.13 bits per heavy atom. The van der Waals surface area contributed by atoms with Gasteiger partial charge in [0.25, 0.3) is 11.8 Å². The number of hydrogen-bond donors (Lipinski definition) is 3. The fourth-order valence-electron chi connectivity index (χ4n) is 4.07. The predicted molar refractivity (Wildman–Crippen MR) is 121 cm³/mol. The Bertz CT molecular complexity index is 975. The molecular formula is C24H30N4O3. The lowest BCUT2D eigenvalue weighted by molar-refractivity contribution is -0.143. The van der Waals surface area contributed by atoms with Gasteiger partial charge in [-0.2, -0.15) is 0 Å². The zero-order valence-corrected chi connectivity index (χ0v) is 18.1. The highest BCUT2D eigenvalue weighted by Gasteiger charge is 2.50. The zero-order valence-electron chi connectivity index (χ0n) is 18.1. The van der Waals surface area contributed by atoms with E-state index in [1.54, 1.807) is 9.80 Å². The molecule has 4 rings (SSSR count). The number of carbonyl (C=O) groups is 2. The summed E-state index contributed by atoms with van der Waals surface area (Å²) in [5.74, 6) is -0.231. The fourth-order valence-corrected chi connectivity index (χ4v) is 4.07. The number of nitrogens with zero attached hydrogens (tertiary/aromatic N) is 2. The molecule has 1 aliphatic carbocycles. The van der Waals surface area contributed by atoms with Gasteiger partial charge in [-0.3, -0.25) is 9.59 Å². The molecular weight excluding hydrogens is 392 g/mol. The molecule has 2 amide bonds. The monoisotopic (exact) mass is 422 g/mol. The minimum atomic E-state index is -1.14. The molecule has 1 saturated heterocycles. The molecule has 0 aromatic heterocycles. The minimum absolute atomic E-state index is 0.0365. The number of aliphatic hydroxyl groups is 1. The highest BCUT2D eigenvalue weighted by molar-refractivity contribution is 5.95. The van der Waals surface area contributed by atoms with E-state index in [0.29, 0.717) is 44.6 Å². The molecule has 4 N–H and O–H groups in total. The Morgan fingerprint density at radius 2 is 1.58 bits per heavy atom. The molecule has 1 unspecified atom stereocenters. The summed E-state index contributed by atoms with van der Waals surface area (Å²) in [6.45, 7) is 3.84. The summed E-state index contributed by atoms with van der Waals surface area (Å²) < 4.78 is 0. The second kappa shape index (κ2) is 8.32. The van der Waals surface area contributed by atoms with Gasteiger partial charge in [-0.15, -0.1) is 0 Å². The zero-order chi connectivity index (χ0) is 22.2. The average Bonchev–Trinajstić information content (AvgIpc) is 3.56. The van der Waals surface area contributed by atoms with E-state index >= 15 is 0 Å². The van der Waals surface area contributed by atoms with Crippen LogP contribution in [0.3, 0.4) is 0 Å². The van der Waals surface area contributed by atoms with Crippen LogP contribution in [0.4, 0.5) is 5.69 Å². The quantitative estimate of drug-likeness (QED) is 0.686. The van der Waals surface area contributed by atoms with Crippen molar-refractivity contribution < 1.29 is 14.7 Å². The summed E-state index contributed by atoms with van der Waals surface area (Å²) in [4.78, 5) is 28.6. The van der Waals surface area contributed by atoms with Crippen LogP contribution in [0.15, 0.2) is 42.5 Å². The van der Waals surface area contributed by atoms with Crippen molar-refractivity contribution in [3.8, 4) is 11.1 Å². The summed E-state index contributed by atoms with van der Waals surface area (Å²) in [7, 11) is 1.88. The first kappa shape index (κ1) is 21.3. The Balaban J connectivity index is 1.42. The SMILES string of the molecule is CNc1ccc(-c2ccc(C(=O)N3CCN(C(=O)C4(O)CC4)CC3)cc2)cc1C(C)N. The van der Waals surface area contributed by atoms with E-state index in [1.165, 1.54) is 0 Å². The lowest BCUT2D eigenvalue weighted by atomic mass is 9.98. The molecule has 1 aliphatic heterocycles. The maximum absolute atomic E-state index is 12.9. The summed E-state index contributed by atoms with van der Waals surface area (Å²) in [5, 5.41) is 13.2. The van der Waals surface area contributed by atoms with Gasteiger partial charge in [0.1, 0.15) is 5.60 Å². The van der Waals surface area contributed by atoms with Crippen LogP contribution in [0.25, 0.3) is 11.1 Å². The van der Waals surface area contributed by atoms with Crippen molar-refractivity contribution in [1.29, 1.82) is 0 Å². The van der Waals surface area contributed by atoms with E-state index in [-0.39, 0.29) is 17.9 Å². The second-order valence-electron chi connectivity index (χ2n) is 8.53. The number of carbonyl (C=O) groups excluding carboxylic acids is 2. The van der Waals surface area contributed by atoms with Gasteiger partial charge in [0.05, 0.1) is 0 Å². The first-order valence-corrected chi connectivity index (χ1v) is 10.8. The molecule has 0 radical (unpaired) electrons. The van der Waals surface area contributed by atoms with Crippen molar-refractivity contribution in [1.82, 2.24) is 9.80 Å². The number of hydrogen-bond acceptors (Lipinski definition) is 5. The van der Waals surface area contributed by atoms with Gasteiger partial charge in [-0.25, -0.2) is 0 Å². The molecule has 1 saturated carbocycles. The maximum atomic E-state index is 12.9. The highest BCUT2D eigenvalue weighted by atomic mass is 16.3. The molecule has 2 aromatic rings. The van der Waals surface area contributed by atoms with E-state index in [1.807, 2.05) is 50.4 Å². The molecule has 7 heteroatoms. The maximum Gasteiger partial charge on any atom is 0.254 e. The van der Waals surface area contributed by atoms with Crippen molar-refractivity contribution in [3.05, 3.63) is 53.6 Å². The van der Waals surface area contributed by atoms with Crippen LogP contribution < -0.4 is 11.1 Å². The van der Waals surface area contributed by atoms with Crippen molar-refractivity contribution >= 4 is 17.5 Å². The van der Waals surface area contributed by atoms with Crippen LogP contribution in [0.5, 0.6) is 0 Å². The molecule has 31 heavy (non-hydrogen) atoms. The highest BCUT2D eigenvalue weighted by Crippen LogP contribution is 2.37. The van der Waals surface area contributed by atoms with Gasteiger partial charge in [-0.05, 0) is 60.7 Å². The average molecular weight is 423 g/mol. The van der Waals surface area contributed by atoms with E-state index in [9.17, 15) is 14.7 Å². The third-order valence-electron chi connectivity index (χ3n) is 6.25. The first-order chi connectivity index (χ1) is 14.8. The van der Waals surface area contributed by atoms with Crippen LogP contribution >= 0.6 is 0 Å². The number of anilines is 1. The Hall–Kier alpha value is -2.90. The van der Waals surface area contributed by atoms with E-state index < -0.39 is 5.60 Å². The molecule has 0 bridgehead atoms. The normalized spacial score (nSPS) is 18.5. The summed E-state index contributed by atoms with van der Waals surface area (Å²) >= 11 is 0. The fraction of sp³-hybridized carbons (Fsp3) is 0.417. The first-order valence-electron chi connectivity index (χ1n) is 10.8. The number of piperazine rings is 1. The van der Waals surface area contributed by atoms with Crippen molar-refractivity contribution in [2.75, 3.05) is 38.5 Å². The van der Waals surface area contributed by atoms with Crippen molar-refractivity contribution in [2.24, 2.45) is 5.73 Å². The van der Waals surface area contributed by atoms with E-state index in [2.05, 4.69) is 11.4 Å². The van der Waals surface area contributed by atoms with E-state index in [4.69, 9.17) is 5.73 Å². The van der Waals surface area contributed by atoms with Crippen LogP contribution in [-0.2, 0) is 4.79 Å². The Kier molecular flexibility index (Phi) is 5.73. The number of nitrogens with two attached hydrogens (primary N) is 1. The Morgan fingerprint density at radius 1 is 1.00 bits per heavy atom. The molecule has 164 valence electrons. The largest absolute Gasteiger partial charge is 0.388 e. The van der Waals surface area contributed by atoms with Gasteiger partial charge in [0.2, 0.25) is 0 Å². The van der Waals surface area contributed by atoms with Gasteiger partial charge in [-0.1, -0.05) is 18.2 Å². The standard InChI is InChI=1S/C24H30N4O3/c1-16(25)20-15-19(7-8-21(20)26-2)17-3-5-18(6-4-17)22(29)27-11-13-28(14-12-27)23(30)24(31)9-10-24/h3-8,15-16,26,31H,9-14,25H2,1-2H3. The molecule has 2 fully saturated rings. The number of rotatable bonds is 5. The van der Waals surface area contributed by atoms with Crippen LogP contribution in [0.1, 0.15) is 41.7 Å². The Labute approximate surface area is 182 Å². The van der Waals surface area contributed by atoms with Crippen LogP contribution in [0.2, 0.25) is 0 Å². The minimum Gasteiger partial charge on any atom is -0.388 e. The van der Waals surface area contributed by atoms with Crippen molar-refractivity contribution in [3.63, 3.8) is 0 Å². The predicted octanol–water partition coefficient (Wildman–Crippen LogP) is 2.22. The lowest BCUT2D eigenvalue weighted by Gasteiger charge is -2.35. The van der Waals surface area contributed by atoms with Gasteiger partial charge in [0, 0.05) is 50.5 Å². The molecule has 2 aliphatic rings. The lowest BCUT2D eigenvalue weighted by Crippen LogP contribution is -2.53. The number of benzene rings is 2. The number of nitrogens with one attached hydrogen (secondary N) is 1. The van der Waals surface area contributed by atoms with Gasteiger partial charge in [0.15, 0.2) is 0 Å². The summed E-state index contributed by atoms with van der Waals surface area (Å²) in [6.07, 6.45) is 1.08. The van der Waals surface area contributed by atoms with Gasteiger partial charge >= 0.3 is 0 Å². The molecule has 1 heterocycles. The summed E-state index contributed by atoms with van der Waals surface area (Å²) in [6, 6.07) is 13.7. The summed E-state index contributed by atoms with van der Waals surface area (Å²) in [5.41, 5.74) is 9.72. The van der Waals surface area contributed by atoms with E-state index in [0.717, 1.165) is 22.4 Å². The third-order valence-corrected chi connectivity index (χ3v) is 6.25. The molecule has 1 atom stereocenters. The topological polar surface area (TPSA) is 98.9 Å². The number of amides is 2. The third kappa shape index (κ3) is 4.29.